The number of thiazole rings is 1. The molecule has 0 aliphatic heterocycles. The molecular formula is C18H23N3O2S. The molecule has 24 heavy (non-hydrogen) atoms. The van der Waals surface area contributed by atoms with Crippen molar-refractivity contribution in [3.63, 3.8) is 0 Å². The highest BCUT2D eigenvalue weighted by molar-refractivity contribution is 7.09. The first-order chi connectivity index (χ1) is 11.2. The monoisotopic (exact) mass is 345 g/mol. The first kappa shape index (κ1) is 18.1. The Morgan fingerprint density at radius 1 is 1.21 bits per heavy atom. The zero-order valence-electron chi connectivity index (χ0n) is 14.6. The van der Waals surface area contributed by atoms with Crippen molar-refractivity contribution in [1.29, 1.82) is 0 Å². The second-order valence-corrected chi connectivity index (χ2v) is 7.80. The van der Waals surface area contributed by atoms with Crippen LogP contribution in [-0.2, 0) is 4.79 Å². The number of carbonyl (C=O) groups excluding carboxylic acids is 2. The van der Waals surface area contributed by atoms with Gasteiger partial charge >= 0.3 is 0 Å². The van der Waals surface area contributed by atoms with E-state index in [1.54, 1.807) is 35.6 Å². The Balaban J connectivity index is 2.16. The number of aromatic nitrogens is 1. The number of hydrogen-bond acceptors (Lipinski definition) is 4. The van der Waals surface area contributed by atoms with Crippen molar-refractivity contribution >= 4 is 28.8 Å². The minimum Gasteiger partial charge on any atom is -0.344 e. The van der Waals surface area contributed by atoms with Crippen molar-refractivity contribution in [3.8, 4) is 0 Å². The van der Waals surface area contributed by atoms with E-state index in [1.807, 2.05) is 40.0 Å². The molecule has 1 unspecified atom stereocenters. The van der Waals surface area contributed by atoms with Crippen LogP contribution in [-0.4, -0.2) is 16.8 Å². The fourth-order valence-corrected chi connectivity index (χ4v) is 2.73. The van der Waals surface area contributed by atoms with Crippen molar-refractivity contribution in [2.24, 2.45) is 5.41 Å². The smallest absolute Gasteiger partial charge is 0.253 e. The maximum atomic E-state index is 12.6. The summed E-state index contributed by atoms with van der Waals surface area (Å²) in [7, 11) is 0. The minimum absolute atomic E-state index is 0.133. The highest BCUT2D eigenvalue weighted by atomic mass is 32.1. The van der Waals surface area contributed by atoms with Gasteiger partial charge in [-0.2, -0.15) is 0 Å². The highest BCUT2D eigenvalue weighted by Gasteiger charge is 2.23. The number of nitrogens with zero attached hydrogens (tertiary/aromatic N) is 1. The Morgan fingerprint density at radius 3 is 2.46 bits per heavy atom. The number of para-hydroxylation sites is 1. The van der Waals surface area contributed by atoms with Crippen LogP contribution < -0.4 is 10.6 Å². The molecule has 0 spiro atoms. The van der Waals surface area contributed by atoms with E-state index in [9.17, 15) is 9.59 Å². The molecular weight excluding hydrogens is 322 g/mol. The van der Waals surface area contributed by atoms with Crippen molar-refractivity contribution in [2.75, 3.05) is 5.32 Å². The molecule has 1 aromatic heterocycles. The zero-order chi connectivity index (χ0) is 17.9. The van der Waals surface area contributed by atoms with Crippen LogP contribution in [0.25, 0.3) is 0 Å². The van der Waals surface area contributed by atoms with Gasteiger partial charge in [-0.25, -0.2) is 4.98 Å². The normalized spacial score (nSPS) is 12.5. The first-order valence-electron chi connectivity index (χ1n) is 7.82. The largest absolute Gasteiger partial charge is 0.344 e. The average Bonchev–Trinajstić information content (AvgIpc) is 2.93. The predicted octanol–water partition coefficient (Wildman–Crippen LogP) is 3.93. The van der Waals surface area contributed by atoms with Gasteiger partial charge in [-0.3, -0.25) is 9.59 Å². The van der Waals surface area contributed by atoms with Crippen LogP contribution in [0.3, 0.4) is 0 Å². The lowest BCUT2D eigenvalue weighted by Crippen LogP contribution is -2.31. The molecule has 1 atom stereocenters. The van der Waals surface area contributed by atoms with Gasteiger partial charge in [-0.1, -0.05) is 32.9 Å². The van der Waals surface area contributed by atoms with Crippen molar-refractivity contribution in [2.45, 2.75) is 40.7 Å². The summed E-state index contributed by atoms with van der Waals surface area (Å²) < 4.78 is 0. The maximum absolute atomic E-state index is 12.6. The number of benzene rings is 1. The second kappa shape index (κ2) is 7.13. The molecule has 128 valence electrons. The van der Waals surface area contributed by atoms with Gasteiger partial charge in [0.05, 0.1) is 28.0 Å². The zero-order valence-corrected chi connectivity index (χ0v) is 15.5. The van der Waals surface area contributed by atoms with Crippen LogP contribution >= 0.6 is 11.3 Å². The van der Waals surface area contributed by atoms with E-state index in [2.05, 4.69) is 15.6 Å². The summed E-state index contributed by atoms with van der Waals surface area (Å²) in [5.74, 6) is -0.371. The highest BCUT2D eigenvalue weighted by Crippen LogP contribution is 2.22. The van der Waals surface area contributed by atoms with Gasteiger partial charge in [-0.15, -0.1) is 11.3 Å². The maximum Gasteiger partial charge on any atom is 0.253 e. The standard InChI is InChI=1S/C18H23N3O2S/c1-11(15-10-24-12(2)20-15)19-16(22)13-8-6-7-9-14(13)21-17(23)18(3,4)5/h6-11H,1-5H3,(H,19,22)(H,21,23). The molecule has 0 saturated heterocycles. The summed E-state index contributed by atoms with van der Waals surface area (Å²) in [6, 6.07) is 6.80. The summed E-state index contributed by atoms with van der Waals surface area (Å²) in [6.07, 6.45) is 0. The molecule has 0 aliphatic carbocycles. The number of rotatable bonds is 4. The number of anilines is 1. The summed E-state index contributed by atoms with van der Waals surface area (Å²) in [4.78, 5) is 29.2. The Morgan fingerprint density at radius 2 is 1.88 bits per heavy atom. The molecule has 0 radical (unpaired) electrons. The molecule has 0 saturated carbocycles. The molecule has 5 nitrogen and oxygen atoms in total. The Kier molecular flexibility index (Phi) is 5.39. The van der Waals surface area contributed by atoms with E-state index in [0.717, 1.165) is 10.7 Å². The number of nitrogens with one attached hydrogen (secondary N) is 2. The van der Waals surface area contributed by atoms with E-state index in [4.69, 9.17) is 0 Å². The molecule has 1 aromatic carbocycles. The topological polar surface area (TPSA) is 71.1 Å². The SMILES string of the molecule is Cc1nc(C(C)NC(=O)c2ccccc2NC(=O)C(C)(C)C)cs1. The molecule has 6 heteroatoms. The lowest BCUT2D eigenvalue weighted by molar-refractivity contribution is -0.123. The summed E-state index contributed by atoms with van der Waals surface area (Å²) in [5, 5.41) is 8.67. The summed E-state index contributed by atoms with van der Waals surface area (Å²) >= 11 is 1.55. The quantitative estimate of drug-likeness (QED) is 0.882. The lowest BCUT2D eigenvalue weighted by atomic mass is 9.95. The third-order valence-corrected chi connectivity index (χ3v) is 4.32. The lowest BCUT2D eigenvalue weighted by Gasteiger charge is -2.20. The number of hydrogen-bond donors (Lipinski definition) is 2. The minimum atomic E-state index is -0.533. The molecule has 2 rings (SSSR count). The van der Waals surface area contributed by atoms with Gasteiger partial charge in [0.25, 0.3) is 5.91 Å². The molecule has 1 heterocycles. The molecule has 0 aliphatic rings. The molecule has 0 fully saturated rings. The van der Waals surface area contributed by atoms with Gasteiger partial charge in [0.15, 0.2) is 0 Å². The Bertz CT molecular complexity index is 747. The predicted molar refractivity (Wildman–Crippen MR) is 97.3 cm³/mol. The third-order valence-electron chi connectivity index (χ3n) is 3.53. The Hall–Kier alpha value is -2.21. The van der Waals surface area contributed by atoms with Crippen molar-refractivity contribution < 1.29 is 9.59 Å². The van der Waals surface area contributed by atoms with E-state index in [1.165, 1.54) is 0 Å². The van der Waals surface area contributed by atoms with Crippen LogP contribution in [0.15, 0.2) is 29.6 Å². The summed E-state index contributed by atoms with van der Waals surface area (Å²) in [6.45, 7) is 9.32. The van der Waals surface area contributed by atoms with Crippen LogP contribution in [0.1, 0.15) is 54.8 Å². The van der Waals surface area contributed by atoms with Crippen LogP contribution in [0.4, 0.5) is 5.69 Å². The molecule has 2 N–H and O–H groups in total. The van der Waals surface area contributed by atoms with Gasteiger partial charge in [-0.05, 0) is 26.0 Å². The van der Waals surface area contributed by atoms with Gasteiger partial charge in [0, 0.05) is 10.8 Å². The van der Waals surface area contributed by atoms with E-state index in [-0.39, 0.29) is 17.9 Å². The third kappa shape index (κ3) is 4.41. The van der Waals surface area contributed by atoms with E-state index < -0.39 is 5.41 Å². The molecule has 2 aromatic rings. The van der Waals surface area contributed by atoms with Crippen molar-refractivity contribution in [1.82, 2.24) is 10.3 Å². The van der Waals surface area contributed by atoms with Gasteiger partial charge in [0.2, 0.25) is 5.91 Å². The first-order valence-corrected chi connectivity index (χ1v) is 8.70. The van der Waals surface area contributed by atoms with E-state index >= 15 is 0 Å². The average molecular weight is 345 g/mol. The summed E-state index contributed by atoms with van der Waals surface area (Å²) in [5.41, 5.74) is 1.25. The fourth-order valence-electron chi connectivity index (χ4n) is 2.03. The van der Waals surface area contributed by atoms with Gasteiger partial charge < -0.3 is 10.6 Å². The number of aryl methyl sites for hydroxylation is 1. The van der Waals surface area contributed by atoms with Gasteiger partial charge in [0.1, 0.15) is 0 Å². The van der Waals surface area contributed by atoms with Crippen LogP contribution in [0, 0.1) is 12.3 Å². The van der Waals surface area contributed by atoms with Crippen molar-refractivity contribution in [3.05, 3.63) is 45.9 Å². The van der Waals surface area contributed by atoms with Crippen LogP contribution in [0.5, 0.6) is 0 Å². The Labute approximate surface area is 146 Å². The van der Waals surface area contributed by atoms with Crippen LogP contribution in [0.2, 0.25) is 0 Å². The van der Waals surface area contributed by atoms with E-state index in [0.29, 0.717) is 11.3 Å². The second-order valence-electron chi connectivity index (χ2n) is 6.74. The fraction of sp³-hybridized carbons (Fsp3) is 0.389. The molecule has 0 bridgehead atoms. The molecule has 2 amide bonds. The number of amides is 2. The number of carbonyl (C=O) groups is 2.